The van der Waals surface area contributed by atoms with Crippen molar-refractivity contribution < 1.29 is 19.4 Å². The maximum atomic E-state index is 11.5. The number of hydrogen-bond donors (Lipinski definition) is 1. The van der Waals surface area contributed by atoms with Crippen LogP contribution in [-0.4, -0.2) is 27.6 Å². The molecule has 0 saturated carbocycles. The first-order valence-electron chi connectivity index (χ1n) is 7.07. The topological polar surface area (TPSA) is 73.1 Å². The van der Waals surface area contributed by atoms with Crippen molar-refractivity contribution in [3.63, 3.8) is 0 Å². The molecule has 0 saturated heterocycles. The molecule has 0 fully saturated rings. The predicted octanol–water partition coefficient (Wildman–Crippen LogP) is 2.93. The van der Waals surface area contributed by atoms with E-state index in [-0.39, 0.29) is 12.3 Å². The second kappa shape index (κ2) is 6.00. The molecule has 6 nitrogen and oxygen atoms in total. The van der Waals surface area contributed by atoms with Crippen LogP contribution in [0.1, 0.15) is 21.9 Å². The number of carboxylic acid groups (broad SMARTS) is 1. The predicted molar refractivity (Wildman–Crippen MR) is 84.2 cm³/mol. The maximum Gasteiger partial charge on any atom is 0.356 e. The number of aromatic nitrogens is 2. The summed E-state index contributed by atoms with van der Waals surface area (Å²) in [6.45, 7) is 2.11. The molecule has 0 aliphatic heterocycles. The molecule has 1 aromatic carbocycles. The van der Waals surface area contributed by atoms with Crippen LogP contribution in [0.3, 0.4) is 0 Å². The van der Waals surface area contributed by atoms with Crippen LogP contribution < -0.4 is 9.47 Å². The van der Waals surface area contributed by atoms with Crippen LogP contribution >= 0.6 is 0 Å². The first-order valence-corrected chi connectivity index (χ1v) is 7.07. The van der Waals surface area contributed by atoms with Crippen molar-refractivity contribution >= 4 is 11.5 Å². The summed E-state index contributed by atoms with van der Waals surface area (Å²) in [5.74, 6) is 0.595. The van der Waals surface area contributed by atoms with E-state index in [1.54, 1.807) is 22.7 Å². The monoisotopic (exact) mass is 312 g/mol. The summed E-state index contributed by atoms with van der Waals surface area (Å²) < 4.78 is 12.7. The number of carbonyl (C=O) groups is 1. The van der Waals surface area contributed by atoms with E-state index in [1.807, 2.05) is 31.2 Å². The SMILES string of the molecule is COc1cccn2c(COc3ccccc3C)nc(C(=O)O)c12. The lowest BCUT2D eigenvalue weighted by Gasteiger charge is -2.08. The van der Waals surface area contributed by atoms with Gasteiger partial charge in [-0.25, -0.2) is 9.78 Å². The quantitative estimate of drug-likeness (QED) is 0.784. The van der Waals surface area contributed by atoms with Gasteiger partial charge in [-0.1, -0.05) is 18.2 Å². The second-order valence-corrected chi connectivity index (χ2v) is 5.03. The third kappa shape index (κ3) is 2.70. The average molecular weight is 312 g/mol. The molecule has 2 aromatic heterocycles. The van der Waals surface area contributed by atoms with Crippen molar-refractivity contribution in [2.75, 3.05) is 7.11 Å². The zero-order valence-electron chi connectivity index (χ0n) is 12.8. The van der Waals surface area contributed by atoms with Crippen molar-refractivity contribution in [1.82, 2.24) is 9.38 Å². The highest BCUT2D eigenvalue weighted by Crippen LogP contribution is 2.25. The Morgan fingerprint density at radius 3 is 2.65 bits per heavy atom. The van der Waals surface area contributed by atoms with E-state index in [2.05, 4.69) is 4.98 Å². The van der Waals surface area contributed by atoms with Crippen molar-refractivity contribution in [2.24, 2.45) is 0 Å². The standard InChI is InChI=1S/C17H16N2O4/c1-11-6-3-4-7-12(11)23-10-14-18-15(17(20)21)16-13(22-2)8-5-9-19(14)16/h3-9H,10H2,1-2H3,(H,20,21). The number of nitrogens with zero attached hydrogens (tertiary/aromatic N) is 2. The number of rotatable bonds is 5. The Morgan fingerprint density at radius 1 is 1.22 bits per heavy atom. The summed E-state index contributed by atoms with van der Waals surface area (Å²) in [6.07, 6.45) is 1.74. The number of aromatic carboxylic acids is 1. The fourth-order valence-corrected chi connectivity index (χ4v) is 2.45. The Morgan fingerprint density at radius 2 is 1.96 bits per heavy atom. The number of imidazole rings is 1. The van der Waals surface area contributed by atoms with E-state index in [0.717, 1.165) is 11.3 Å². The highest BCUT2D eigenvalue weighted by atomic mass is 16.5. The molecule has 6 heteroatoms. The van der Waals surface area contributed by atoms with Crippen molar-refractivity contribution in [2.45, 2.75) is 13.5 Å². The van der Waals surface area contributed by atoms with Gasteiger partial charge < -0.3 is 14.6 Å². The highest BCUT2D eigenvalue weighted by molar-refractivity contribution is 5.95. The molecule has 0 radical (unpaired) electrons. The zero-order valence-corrected chi connectivity index (χ0v) is 12.8. The number of hydrogen-bond acceptors (Lipinski definition) is 4. The smallest absolute Gasteiger partial charge is 0.356 e. The lowest BCUT2D eigenvalue weighted by Crippen LogP contribution is -2.02. The first kappa shape index (κ1) is 14.9. The number of para-hydroxylation sites is 1. The zero-order chi connectivity index (χ0) is 16.4. The van der Waals surface area contributed by atoms with Gasteiger partial charge in [-0.15, -0.1) is 0 Å². The summed E-state index contributed by atoms with van der Waals surface area (Å²) >= 11 is 0. The van der Waals surface area contributed by atoms with Gasteiger partial charge in [0.2, 0.25) is 0 Å². The Kier molecular flexibility index (Phi) is 3.89. The lowest BCUT2D eigenvalue weighted by molar-refractivity contribution is 0.0692. The number of benzene rings is 1. The van der Waals surface area contributed by atoms with Crippen LogP contribution in [0.4, 0.5) is 0 Å². The molecule has 0 unspecified atom stereocenters. The molecule has 118 valence electrons. The molecule has 0 aliphatic rings. The number of aryl methyl sites for hydroxylation is 1. The maximum absolute atomic E-state index is 11.5. The molecule has 0 spiro atoms. The second-order valence-electron chi connectivity index (χ2n) is 5.03. The number of pyridine rings is 1. The molecule has 0 bridgehead atoms. The fourth-order valence-electron chi connectivity index (χ4n) is 2.45. The Bertz CT molecular complexity index is 870. The molecule has 23 heavy (non-hydrogen) atoms. The van der Waals surface area contributed by atoms with Crippen LogP contribution in [0.5, 0.6) is 11.5 Å². The third-order valence-corrected chi connectivity index (χ3v) is 3.57. The van der Waals surface area contributed by atoms with Crippen LogP contribution in [0.2, 0.25) is 0 Å². The molecule has 3 rings (SSSR count). The number of ether oxygens (including phenoxy) is 2. The van der Waals surface area contributed by atoms with Crippen LogP contribution in [0.25, 0.3) is 5.52 Å². The van der Waals surface area contributed by atoms with Crippen LogP contribution in [0.15, 0.2) is 42.6 Å². The minimum absolute atomic E-state index is 0.0502. The van der Waals surface area contributed by atoms with Gasteiger partial charge in [-0.05, 0) is 30.7 Å². The van der Waals surface area contributed by atoms with E-state index >= 15 is 0 Å². The average Bonchev–Trinajstić information content (AvgIpc) is 2.93. The van der Waals surface area contributed by atoms with Gasteiger partial charge in [0.1, 0.15) is 23.6 Å². The number of fused-ring (bicyclic) bond motifs is 1. The molecular weight excluding hydrogens is 296 g/mol. The molecule has 3 aromatic rings. The van der Waals surface area contributed by atoms with E-state index in [0.29, 0.717) is 17.1 Å². The largest absolute Gasteiger partial charge is 0.494 e. The summed E-state index contributed by atoms with van der Waals surface area (Å²) in [6, 6.07) is 11.1. The minimum Gasteiger partial charge on any atom is -0.494 e. The highest BCUT2D eigenvalue weighted by Gasteiger charge is 2.20. The van der Waals surface area contributed by atoms with E-state index < -0.39 is 5.97 Å². The molecule has 0 aliphatic carbocycles. The Balaban J connectivity index is 2.01. The minimum atomic E-state index is -1.10. The normalized spacial score (nSPS) is 10.7. The van der Waals surface area contributed by atoms with Gasteiger partial charge in [-0.3, -0.25) is 4.40 Å². The third-order valence-electron chi connectivity index (χ3n) is 3.57. The Hall–Kier alpha value is -3.02. The molecule has 0 amide bonds. The van der Waals surface area contributed by atoms with Gasteiger partial charge in [0.15, 0.2) is 11.5 Å². The van der Waals surface area contributed by atoms with Gasteiger partial charge in [-0.2, -0.15) is 0 Å². The van der Waals surface area contributed by atoms with Crippen LogP contribution in [-0.2, 0) is 6.61 Å². The summed E-state index contributed by atoms with van der Waals surface area (Å²) in [7, 11) is 1.50. The van der Waals surface area contributed by atoms with Crippen LogP contribution in [0, 0.1) is 6.92 Å². The van der Waals surface area contributed by atoms with E-state index in [1.165, 1.54) is 7.11 Å². The molecular formula is C17H16N2O4. The lowest BCUT2D eigenvalue weighted by atomic mass is 10.2. The van der Waals surface area contributed by atoms with Crippen molar-refractivity contribution in [1.29, 1.82) is 0 Å². The van der Waals surface area contributed by atoms with Gasteiger partial charge in [0.25, 0.3) is 0 Å². The fraction of sp³-hybridized carbons (Fsp3) is 0.176. The summed E-state index contributed by atoms with van der Waals surface area (Å²) in [5, 5.41) is 9.37. The van der Waals surface area contributed by atoms with E-state index in [4.69, 9.17) is 9.47 Å². The number of carboxylic acids is 1. The summed E-state index contributed by atoms with van der Waals surface area (Å²) in [5.41, 5.74) is 1.38. The van der Waals surface area contributed by atoms with Crippen molar-refractivity contribution in [3.05, 3.63) is 59.7 Å². The Labute approximate surface area is 132 Å². The number of methoxy groups -OCH3 is 1. The molecule has 0 atom stereocenters. The van der Waals surface area contributed by atoms with E-state index in [9.17, 15) is 9.90 Å². The summed E-state index contributed by atoms with van der Waals surface area (Å²) in [4.78, 5) is 15.7. The van der Waals surface area contributed by atoms with Gasteiger partial charge >= 0.3 is 5.97 Å². The van der Waals surface area contributed by atoms with Gasteiger partial charge in [0.05, 0.1) is 7.11 Å². The molecule has 1 N–H and O–H groups in total. The molecule has 2 heterocycles. The first-order chi connectivity index (χ1) is 11.1. The van der Waals surface area contributed by atoms with Crippen molar-refractivity contribution in [3.8, 4) is 11.5 Å². The van der Waals surface area contributed by atoms with Gasteiger partial charge in [0, 0.05) is 6.20 Å².